The van der Waals surface area contributed by atoms with E-state index in [0.717, 1.165) is 32.2 Å². The van der Waals surface area contributed by atoms with E-state index >= 15 is 0 Å². The van der Waals surface area contributed by atoms with Crippen molar-refractivity contribution in [2.75, 3.05) is 0 Å². The van der Waals surface area contributed by atoms with E-state index < -0.39 is 0 Å². The molecule has 0 unspecified atom stereocenters. The molecule has 2 aromatic carbocycles. The van der Waals surface area contributed by atoms with Crippen molar-refractivity contribution in [3.63, 3.8) is 0 Å². The molecule has 4 rings (SSSR count). The van der Waals surface area contributed by atoms with Crippen LogP contribution in [-0.2, 0) is 0 Å². The van der Waals surface area contributed by atoms with Crippen LogP contribution in [0.25, 0.3) is 10.9 Å². The molecule has 0 amide bonds. The summed E-state index contributed by atoms with van der Waals surface area (Å²) in [6.45, 7) is 0. The summed E-state index contributed by atoms with van der Waals surface area (Å²) < 4.78 is 2.62. The number of nitrogens with one attached hydrogen (secondary N) is 1. The van der Waals surface area contributed by atoms with Crippen LogP contribution >= 0.6 is 0 Å². The first-order valence-corrected chi connectivity index (χ1v) is 8.72. The topological polar surface area (TPSA) is 54.0 Å². The first-order chi connectivity index (χ1) is 10.3. The molecule has 5 heteroatoms. The fourth-order valence-electron chi connectivity index (χ4n) is 2.37. The Kier molecular flexibility index (Phi) is 2.95. The quantitative estimate of drug-likeness (QED) is 0.672. The van der Waals surface area contributed by atoms with Gasteiger partial charge in [-0.05, 0) is 0 Å². The molecule has 1 N–H and O–H groups in total. The van der Waals surface area contributed by atoms with Gasteiger partial charge in [0.2, 0.25) is 0 Å². The van der Waals surface area contributed by atoms with Crippen molar-refractivity contribution in [2.24, 2.45) is 5.10 Å². The summed E-state index contributed by atoms with van der Waals surface area (Å²) in [7, 11) is 0. The van der Waals surface area contributed by atoms with Gasteiger partial charge in [-0.15, -0.1) is 0 Å². The van der Waals surface area contributed by atoms with E-state index in [-0.39, 0.29) is 15.0 Å². The zero-order valence-corrected chi connectivity index (χ0v) is 12.9. The fourth-order valence-corrected chi connectivity index (χ4v) is 4.28. The van der Waals surface area contributed by atoms with E-state index in [1.165, 1.54) is 0 Å². The van der Waals surface area contributed by atoms with Gasteiger partial charge in [0.25, 0.3) is 0 Å². The number of hydrogen-bond acceptors (Lipinski definition) is 3. The second-order valence-corrected chi connectivity index (χ2v) is 6.75. The zero-order chi connectivity index (χ0) is 14.2. The summed E-state index contributed by atoms with van der Waals surface area (Å²) in [6, 6.07) is 18.0. The summed E-state index contributed by atoms with van der Waals surface area (Å²) in [5.41, 5.74) is 3.48. The predicted molar refractivity (Wildman–Crippen MR) is 84.2 cm³/mol. The Morgan fingerprint density at radius 3 is 2.62 bits per heavy atom. The molecule has 2 heterocycles. The monoisotopic (exact) mass is 340 g/mol. The Bertz CT molecular complexity index is 912. The van der Waals surface area contributed by atoms with Crippen molar-refractivity contribution >= 4 is 36.3 Å². The Labute approximate surface area is 127 Å². The number of benzene rings is 2. The number of rotatable bonds is 1. The average molecular weight is 339 g/mol. The number of hydrogen-bond donors (Lipinski definition) is 1. The van der Waals surface area contributed by atoms with Crippen molar-refractivity contribution in [3.8, 4) is 0 Å². The Balaban J connectivity index is 1.95. The van der Waals surface area contributed by atoms with E-state index in [4.69, 9.17) is 5.41 Å². The van der Waals surface area contributed by atoms with Crippen LogP contribution in [0.2, 0.25) is 5.32 Å². The fraction of sp³-hybridized carbons (Fsp3) is 0.0625. The molecule has 0 saturated heterocycles. The minimum atomic E-state index is 0.201. The van der Waals surface area contributed by atoms with E-state index in [1.807, 2.05) is 42.5 Å². The number of aromatic nitrogens is 2. The molecular weight excluding hydrogens is 327 g/mol. The van der Waals surface area contributed by atoms with Gasteiger partial charge < -0.3 is 0 Å². The van der Waals surface area contributed by atoms with Crippen LogP contribution < -0.4 is 10.2 Å². The van der Waals surface area contributed by atoms with Crippen molar-refractivity contribution < 1.29 is 0 Å². The first kappa shape index (κ1) is 12.5. The van der Waals surface area contributed by atoms with Gasteiger partial charge in [0.1, 0.15) is 0 Å². The van der Waals surface area contributed by atoms with Gasteiger partial charge in [-0.1, -0.05) is 0 Å². The second-order valence-electron chi connectivity index (χ2n) is 4.77. The van der Waals surface area contributed by atoms with E-state index in [2.05, 4.69) is 22.2 Å². The molecule has 0 radical (unpaired) electrons. The van der Waals surface area contributed by atoms with Crippen LogP contribution in [0.15, 0.2) is 59.7 Å². The van der Waals surface area contributed by atoms with Crippen molar-refractivity contribution in [2.45, 2.75) is 5.32 Å². The maximum absolute atomic E-state index is 8.40. The molecule has 4 nitrogen and oxygen atoms in total. The van der Waals surface area contributed by atoms with Crippen molar-refractivity contribution in [3.05, 3.63) is 65.6 Å². The van der Waals surface area contributed by atoms with Gasteiger partial charge in [-0.25, -0.2) is 0 Å². The van der Waals surface area contributed by atoms with Crippen molar-refractivity contribution in [1.29, 1.82) is 5.41 Å². The summed E-state index contributed by atoms with van der Waals surface area (Å²) >= 11 is 0.201. The molecule has 0 atom stereocenters. The molecule has 0 saturated carbocycles. The van der Waals surface area contributed by atoms with Crippen molar-refractivity contribution in [1.82, 2.24) is 9.66 Å². The molecular formula is C16H12N4Se. The summed E-state index contributed by atoms with van der Waals surface area (Å²) in [5, 5.41) is 14.8. The summed E-state index contributed by atoms with van der Waals surface area (Å²) in [5.74, 6) is 0. The molecule has 1 aromatic heterocycles. The van der Waals surface area contributed by atoms with Gasteiger partial charge in [0.05, 0.1) is 0 Å². The molecule has 1 aliphatic rings. The summed E-state index contributed by atoms with van der Waals surface area (Å²) in [6.07, 6.45) is 0. The third-order valence-corrected chi connectivity index (χ3v) is 5.41. The average Bonchev–Trinajstić information content (AvgIpc) is 2.56. The van der Waals surface area contributed by atoms with Crippen LogP contribution in [0.1, 0.15) is 5.56 Å². The Morgan fingerprint density at radius 2 is 1.76 bits per heavy atom. The zero-order valence-electron chi connectivity index (χ0n) is 11.2. The number of fused-ring (bicyclic) bond motifs is 2. The third-order valence-electron chi connectivity index (χ3n) is 3.43. The van der Waals surface area contributed by atoms with Gasteiger partial charge in [0, 0.05) is 0 Å². The molecule has 102 valence electrons. The standard InChI is InChI=1S/C16H12N4Se/c17-15-12-8-4-5-9-13(12)18-16-20(15)19-14(10-21-16)11-6-2-1-3-7-11/h1-9,17H,10H2. The minimum absolute atomic E-state index is 0.201. The van der Waals surface area contributed by atoms with Gasteiger partial charge in [-0.3, -0.25) is 0 Å². The van der Waals surface area contributed by atoms with Crippen LogP contribution in [0, 0.1) is 5.41 Å². The van der Waals surface area contributed by atoms with Crippen LogP contribution in [0.5, 0.6) is 0 Å². The van der Waals surface area contributed by atoms with E-state index in [1.54, 1.807) is 4.68 Å². The van der Waals surface area contributed by atoms with Gasteiger partial charge >= 0.3 is 127 Å². The first-order valence-electron chi connectivity index (χ1n) is 6.65. The summed E-state index contributed by atoms with van der Waals surface area (Å²) in [4.78, 5) is 4.67. The van der Waals surface area contributed by atoms with E-state index in [9.17, 15) is 0 Å². The Hall–Kier alpha value is -2.23. The van der Waals surface area contributed by atoms with Crippen LogP contribution in [0.3, 0.4) is 0 Å². The van der Waals surface area contributed by atoms with Gasteiger partial charge in [0.15, 0.2) is 0 Å². The molecule has 1 aliphatic heterocycles. The molecule has 0 bridgehead atoms. The maximum atomic E-state index is 8.40. The normalized spacial score (nSPS) is 13.8. The molecule has 0 aliphatic carbocycles. The molecule has 21 heavy (non-hydrogen) atoms. The number of para-hydroxylation sites is 1. The van der Waals surface area contributed by atoms with E-state index in [0.29, 0.717) is 5.49 Å². The van der Waals surface area contributed by atoms with Crippen LogP contribution in [-0.4, -0.2) is 30.3 Å². The molecule has 0 spiro atoms. The van der Waals surface area contributed by atoms with Crippen LogP contribution in [0.4, 0.5) is 0 Å². The molecule has 0 fully saturated rings. The Morgan fingerprint density at radius 1 is 1.00 bits per heavy atom. The second kappa shape index (κ2) is 4.95. The van der Waals surface area contributed by atoms with Gasteiger partial charge in [-0.2, -0.15) is 0 Å². The predicted octanol–water partition coefficient (Wildman–Crippen LogP) is 1.53. The number of nitrogens with zero attached hydrogens (tertiary/aromatic N) is 3. The SMILES string of the molecule is N=c1c2ccccc2nc2n1N=C(c1ccccc1)C[Se]2. The third kappa shape index (κ3) is 2.11. The molecule has 3 aromatic rings.